The van der Waals surface area contributed by atoms with E-state index in [1.54, 1.807) is 0 Å². The monoisotopic (exact) mass is 172 g/mol. The van der Waals surface area contributed by atoms with Crippen molar-refractivity contribution < 1.29 is 9.53 Å². The maximum Gasteiger partial charge on any atom is 0.308 e. The first-order chi connectivity index (χ1) is 5.49. The van der Waals surface area contributed by atoms with Crippen molar-refractivity contribution in [1.29, 1.82) is 0 Å². The van der Waals surface area contributed by atoms with Gasteiger partial charge in [-0.05, 0) is 18.3 Å². The van der Waals surface area contributed by atoms with Crippen molar-refractivity contribution in [2.75, 3.05) is 7.11 Å². The van der Waals surface area contributed by atoms with Gasteiger partial charge in [-0.3, -0.25) is 4.79 Å². The van der Waals surface area contributed by atoms with Gasteiger partial charge in [0.25, 0.3) is 0 Å². The van der Waals surface area contributed by atoms with Crippen LogP contribution in [0.15, 0.2) is 0 Å². The number of methoxy groups -OCH3 is 1. The van der Waals surface area contributed by atoms with E-state index in [0.29, 0.717) is 11.8 Å². The van der Waals surface area contributed by atoms with Crippen molar-refractivity contribution >= 4 is 5.97 Å². The van der Waals surface area contributed by atoms with Crippen molar-refractivity contribution in [2.45, 2.75) is 34.1 Å². The first-order valence-corrected chi connectivity index (χ1v) is 4.56. The largest absolute Gasteiger partial charge is 0.469 e. The average molecular weight is 172 g/mol. The molecule has 0 fully saturated rings. The van der Waals surface area contributed by atoms with Crippen molar-refractivity contribution in [2.24, 2.45) is 17.8 Å². The Labute approximate surface area is 75.3 Å². The summed E-state index contributed by atoms with van der Waals surface area (Å²) >= 11 is 0. The van der Waals surface area contributed by atoms with Crippen LogP contribution in [-0.4, -0.2) is 13.1 Å². The van der Waals surface area contributed by atoms with E-state index in [0.717, 1.165) is 6.42 Å². The van der Waals surface area contributed by atoms with Crippen LogP contribution in [0.1, 0.15) is 34.1 Å². The molecule has 0 aliphatic heterocycles. The van der Waals surface area contributed by atoms with Crippen LogP contribution < -0.4 is 0 Å². The number of carbonyl (C=O) groups excluding carboxylic acids is 1. The molecular weight excluding hydrogens is 152 g/mol. The molecule has 0 aliphatic carbocycles. The Balaban J connectivity index is 4.13. The molecule has 1 atom stereocenters. The molecule has 0 radical (unpaired) electrons. The van der Waals surface area contributed by atoms with E-state index in [-0.39, 0.29) is 11.9 Å². The van der Waals surface area contributed by atoms with Crippen LogP contribution in [-0.2, 0) is 9.53 Å². The van der Waals surface area contributed by atoms with Gasteiger partial charge in [-0.1, -0.05) is 27.7 Å². The van der Waals surface area contributed by atoms with Gasteiger partial charge < -0.3 is 4.74 Å². The Kier molecular flexibility index (Phi) is 4.95. The fourth-order valence-electron chi connectivity index (χ4n) is 1.30. The minimum atomic E-state index is -0.0706. The molecule has 0 bridgehead atoms. The molecular formula is C10H20O2. The van der Waals surface area contributed by atoms with Crippen molar-refractivity contribution in [3.63, 3.8) is 0 Å². The number of esters is 1. The quantitative estimate of drug-likeness (QED) is 0.609. The summed E-state index contributed by atoms with van der Waals surface area (Å²) in [6.45, 7) is 8.37. The van der Waals surface area contributed by atoms with Crippen LogP contribution in [0.4, 0.5) is 0 Å². The van der Waals surface area contributed by atoms with Gasteiger partial charge in [-0.2, -0.15) is 0 Å². The van der Waals surface area contributed by atoms with E-state index >= 15 is 0 Å². The normalized spacial score (nSPS) is 13.6. The highest BCUT2D eigenvalue weighted by molar-refractivity contribution is 5.72. The van der Waals surface area contributed by atoms with Gasteiger partial charge in [-0.15, -0.1) is 0 Å². The zero-order valence-electron chi connectivity index (χ0n) is 8.76. The highest BCUT2D eigenvalue weighted by Crippen LogP contribution is 2.21. The molecule has 0 N–H and O–H groups in total. The second-order valence-electron chi connectivity index (χ2n) is 4.00. The van der Waals surface area contributed by atoms with Crippen LogP contribution in [0.3, 0.4) is 0 Å². The highest BCUT2D eigenvalue weighted by Gasteiger charge is 2.23. The summed E-state index contributed by atoms with van der Waals surface area (Å²) in [5.74, 6) is 0.921. The van der Waals surface area contributed by atoms with Crippen molar-refractivity contribution in [1.82, 2.24) is 0 Å². The lowest BCUT2D eigenvalue weighted by molar-refractivity contribution is -0.147. The van der Waals surface area contributed by atoms with Crippen molar-refractivity contribution in [3.05, 3.63) is 0 Å². The number of hydrogen-bond acceptors (Lipinski definition) is 2. The van der Waals surface area contributed by atoms with Crippen LogP contribution in [0.2, 0.25) is 0 Å². The van der Waals surface area contributed by atoms with E-state index in [1.165, 1.54) is 7.11 Å². The van der Waals surface area contributed by atoms with Gasteiger partial charge in [0.2, 0.25) is 0 Å². The van der Waals surface area contributed by atoms with Crippen LogP contribution in [0, 0.1) is 17.8 Å². The molecule has 0 aliphatic rings. The lowest BCUT2D eigenvalue weighted by Crippen LogP contribution is -2.23. The number of ether oxygens (including phenoxy) is 1. The van der Waals surface area contributed by atoms with Gasteiger partial charge in [0.05, 0.1) is 13.0 Å². The Bertz CT molecular complexity index is 139. The molecule has 2 heteroatoms. The third-order valence-electron chi connectivity index (χ3n) is 2.03. The molecule has 2 nitrogen and oxygen atoms in total. The first-order valence-electron chi connectivity index (χ1n) is 4.56. The first kappa shape index (κ1) is 11.5. The summed E-state index contributed by atoms with van der Waals surface area (Å²) in [7, 11) is 1.46. The molecule has 0 aromatic heterocycles. The van der Waals surface area contributed by atoms with Gasteiger partial charge in [0.15, 0.2) is 0 Å². The molecule has 0 unspecified atom stereocenters. The van der Waals surface area contributed by atoms with E-state index in [4.69, 9.17) is 4.74 Å². The number of rotatable bonds is 4. The summed E-state index contributed by atoms with van der Waals surface area (Å²) in [5, 5.41) is 0. The molecule has 0 heterocycles. The molecule has 0 aromatic rings. The standard InChI is InChI=1S/C10H20O2/c1-7(2)6-9(8(3)4)10(11)12-5/h7-9H,6H2,1-5H3/t9-/m0/s1. The molecule has 12 heavy (non-hydrogen) atoms. The van der Waals surface area contributed by atoms with Gasteiger partial charge in [0, 0.05) is 0 Å². The summed E-state index contributed by atoms with van der Waals surface area (Å²) < 4.78 is 4.74. The molecule has 0 amide bonds. The third-order valence-corrected chi connectivity index (χ3v) is 2.03. The maximum absolute atomic E-state index is 11.3. The third kappa shape index (κ3) is 3.74. The molecule has 0 saturated heterocycles. The van der Waals surface area contributed by atoms with E-state index in [9.17, 15) is 4.79 Å². The summed E-state index contributed by atoms with van der Waals surface area (Å²) in [6, 6.07) is 0. The van der Waals surface area contributed by atoms with E-state index < -0.39 is 0 Å². The molecule has 72 valence electrons. The van der Waals surface area contributed by atoms with E-state index in [1.807, 2.05) is 0 Å². The smallest absolute Gasteiger partial charge is 0.308 e. The molecule has 0 spiro atoms. The second-order valence-corrected chi connectivity index (χ2v) is 4.00. The molecule has 0 saturated carbocycles. The summed E-state index contributed by atoms with van der Waals surface area (Å²) in [6.07, 6.45) is 0.921. The predicted molar refractivity (Wildman–Crippen MR) is 49.8 cm³/mol. The Morgan fingerprint density at radius 3 is 2.00 bits per heavy atom. The zero-order chi connectivity index (χ0) is 9.72. The van der Waals surface area contributed by atoms with Gasteiger partial charge in [-0.25, -0.2) is 0 Å². The van der Waals surface area contributed by atoms with E-state index in [2.05, 4.69) is 27.7 Å². The molecule has 0 aromatic carbocycles. The SMILES string of the molecule is COC(=O)[C@@H](CC(C)C)C(C)C. The summed E-state index contributed by atoms with van der Waals surface area (Å²) in [4.78, 5) is 11.3. The Morgan fingerprint density at radius 1 is 1.25 bits per heavy atom. The minimum Gasteiger partial charge on any atom is -0.469 e. The number of hydrogen-bond donors (Lipinski definition) is 0. The fourth-order valence-corrected chi connectivity index (χ4v) is 1.30. The Hall–Kier alpha value is -0.530. The topological polar surface area (TPSA) is 26.3 Å². The van der Waals surface area contributed by atoms with Crippen LogP contribution in [0.5, 0.6) is 0 Å². The predicted octanol–water partition coefficient (Wildman–Crippen LogP) is 2.48. The minimum absolute atomic E-state index is 0.0648. The Morgan fingerprint density at radius 2 is 1.75 bits per heavy atom. The lowest BCUT2D eigenvalue weighted by atomic mass is 9.88. The van der Waals surface area contributed by atoms with Gasteiger partial charge in [0.1, 0.15) is 0 Å². The highest BCUT2D eigenvalue weighted by atomic mass is 16.5. The number of carbonyl (C=O) groups is 1. The fraction of sp³-hybridized carbons (Fsp3) is 0.900. The van der Waals surface area contributed by atoms with Crippen molar-refractivity contribution in [3.8, 4) is 0 Å². The lowest BCUT2D eigenvalue weighted by Gasteiger charge is -2.19. The van der Waals surface area contributed by atoms with Crippen LogP contribution >= 0.6 is 0 Å². The second kappa shape index (κ2) is 5.18. The summed E-state index contributed by atoms with van der Waals surface area (Å²) in [5.41, 5.74) is 0. The van der Waals surface area contributed by atoms with Crippen LogP contribution in [0.25, 0.3) is 0 Å². The zero-order valence-corrected chi connectivity index (χ0v) is 8.76. The molecule has 0 rings (SSSR count). The van der Waals surface area contributed by atoms with Gasteiger partial charge >= 0.3 is 5.97 Å². The average Bonchev–Trinajstić information content (AvgIpc) is 1.98. The maximum atomic E-state index is 11.3.